The zero-order valence-corrected chi connectivity index (χ0v) is 16.6. The van der Waals surface area contributed by atoms with Crippen molar-refractivity contribution in [3.63, 3.8) is 0 Å². The lowest BCUT2D eigenvalue weighted by atomic mass is 10.1. The molecule has 0 saturated carbocycles. The highest BCUT2D eigenvalue weighted by molar-refractivity contribution is 6.11. The van der Waals surface area contributed by atoms with Gasteiger partial charge in [-0.15, -0.1) is 0 Å². The van der Waals surface area contributed by atoms with Crippen LogP contribution in [0.5, 0.6) is 5.75 Å². The number of piperazine rings is 1. The molecule has 0 spiro atoms. The second-order valence-corrected chi connectivity index (χ2v) is 7.55. The molecule has 4 aromatic rings. The lowest BCUT2D eigenvalue weighted by molar-refractivity contribution is 0.205. The first-order chi connectivity index (χ1) is 14.4. The summed E-state index contributed by atoms with van der Waals surface area (Å²) in [6.07, 6.45) is 0. The van der Waals surface area contributed by atoms with E-state index in [-0.39, 0.29) is 0 Å². The van der Waals surface area contributed by atoms with Gasteiger partial charge in [0, 0.05) is 55.6 Å². The minimum atomic E-state index is 0.700. The van der Waals surface area contributed by atoms with E-state index in [2.05, 4.69) is 94.1 Å². The summed E-state index contributed by atoms with van der Waals surface area (Å²) >= 11 is 0. The quantitative estimate of drug-likeness (QED) is 0.538. The maximum atomic E-state index is 6.30. The van der Waals surface area contributed by atoms with Gasteiger partial charge >= 0.3 is 0 Å². The molecule has 1 N–H and O–H groups in total. The Morgan fingerprint density at radius 3 is 2.55 bits per heavy atom. The number of nitrogens with zero attached hydrogens (tertiary/aromatic N) is 2. The number of benzene rings is 3. The van der Waals surface area contributed by atoms with Crippen LogP contribution in [0.3, 0.4) is 0 Å². The zero-order valence-electron chi connectivity index (χ0n) is 16.6. The molecule has 3 aromatic carbocycles. The van der Waals surface area contributed by atoms with Gasteiger partial charge in [-0.2, -0.15) is 0 Å². The van der Waals surface area contributed by atoms with Crippen molar-refractivity contribution in [3.05, 3.63) is 84.9 Å². The molecule has 0 bridgehead atoms. The molecular formula is C25H26N3O. The van der Waals surface area contributed by atoms with Crippen LogP contribution in [-0.2, 0) is 6.54 Å². The van der Waals surface area contributed by atoms with Crippen LogP contribution in [0.25, 0.3) is 21.8 Å². The third kappa shape index (κ3) is 3.74. The van der Waals surface area contributed by atoms with Crippen LogP contribution in [0, 0.1) is 6.54 Å². The van der Waals surface area contributed by atoms with Crippen LogP contribution in [-0.4, -0.2) is 42.3 Å². The molecule has 5 rings (SSSR count). The van der Waals surface area contributed by atoms with Gasteiger partial charge in [0.15, 0.2) is 0 Å². The fourth-order valence-electron chi connectivity index (χ4n) is 4.22. The number of hydrogen-bond acceptors (Lipinski definition) is 3. The molecule has 1 radical (unpaired) electrons. The topological polar surface area (TPSA) is 29.4 Å². The lowest BCUT2D eigenvalue weighted by Crippen LogP contribution is -2.42. The normalized spacial score (nSPS) is 15.2. The number of para-hydroxylation sites is 1. The van der Waals surface area contributed by atoms with E-state index in [0.29, 0.717) is 6.61 Å². The van der Waals surface area contributed by atoms with Crippen LogP contribution in [0.15, 0.2) is 72.8 Å². The first kappa shape index (κ1) is 18.2. The van der Waals surface area contributed by atoms with E-state index in [9.17, 15) is 0 Å². The second-order valence-electron chi connectivity index (χ2n) is 7.55. The van der Waals surface area contributed by atoms with Gasteiger partial charge in [0.2, 0.25) is 0 Å². The monoisotopic (exact) mass is 384 g/mol. The Morgan fingerprint density at radius 1 is 0.862 bits per heavy atom. The molecule has 4 heteroatoms. The molecule has 0 amide bonds. The molecule has 2 heterocycles. The predicted octanol–water partition coefficient (Wildman–Crippen LogP) is 4.29. The average molecular weight is 385 g/mol. The SMILES string of the molecule is [CH]1CN(CCOc2cccc3c2c2ccccc2n3Cc2ccccc2)CCN1. The smallest absolute Gasteiger partial charge is 0.129 e. The second kappa shape index (κ2) is 8.27. The van der Waals surface area contributed by atoms with Crippen molar-refractivity contribution >= 4 is 21.8 Å². The van der Waals surface area contributed by atoms with Crippen LogP contribution < -0.4 is 10.1 Å². The van der Waals surface area contributed by atoms with Crippen molar-refractivity contribution in [3.8, 4) is 5.75 Å². The molecule has 0 unspecified atom stereocenters. The van der Waals surface area contributed by atoms with Gasteiger partial charge in [0.05, 0.1) is 5.52 Å². The highest BCUT2D eigenvalue weighted by Gasteiger charge is 2.15. The van der Waals surface area contributed by atoms with Gasteiger partial charge in [0.1, 0.15) is 12.4 Å². The average Bonchev–Trinajstić information content (AvgIpc) is 3.10. The minimum Gasteiger partial charge on any atom is -0.492 e. The minimum absolute atomic E-state index is 0.700. The summed E-state index contributed by atoms with van der Waals surface area (Å²) in [5, 5.41) is 5.75. The molecule has 4 nitrogen and oxygen atoms in total. The van der Waals surface area contributed by atoms with Crippen molar-refractivity contribution in [2.75, 3.05) is 32.8 Å². The number of nitrogens with one attached hydrogen (secondary N) is 1. The molecule has 147 valence electrons. The number of aromatic nitrogens is 1. The van der Waals surface area contributed by atoms with Crippen molar-refractivity contribution in [1.82, 2.24) is 14.8 Å². The molecular weight excluding hydrogens is 358 g/mol. The number of fused-ring (bicyclic) bond motifs is 3. The molecule has 0 atom stereocenters. The van der Waals surface area contributed by atoms with E-state index in [4.69, 9.17) is 4.74 Å². The molecule has 1 aromatic heterocycles. The highest BCUT2D eigenvalue weighted by atomic mass is 16.5. The van der Waals surface area contributed by atoms with Gasteiger partial charge in [-0.3, -0.25) is 4.90 Å². The van der Waals surface area contributed by atoms with Crippen LogP contribution in [0.2, 0.25) is 0 Å². The maximum Gasteiger partial charge on any atom is 0.129 e. The Morgan fingerprint density at radius 2 is 1.69 bits per heavy atom. The molecule has 1 aliphatic rings. The summed E-state index contributed by atoms with van der Waals surface area (Å²) in [5.41, 5.74) is 3.78. The summed E-state index contributed by atoms with van der Waals surface area (Å²) in [7, 11) is 0. The van der Waals surface area contributed by atoms with Crippen molar-refractivity contribution < 1.29 is 4.74 Å². The fourth-order valence-corrected chi connectivity index (χ4v) is 4.22. The molecule has 1 aliphatic heterocycles. The van der Waals surface area contributed by atoms with Crippen LogP contribution in [0.1, 0.15) is 5.56 Å². The van der Waals surface area contributed by atoms with E-state index in [0.717, 1.165) is 38.5 Å². The Bertz CT molecular complexity index is 1100. The predicted molar refractivity (Wildman–Crippen MR) is 119 cm³/mol. The molecule has 1 fully saturated rings. The van der Waals surface area contributed by atoms with Gasteiger partial charge < -0.3 is 14.6 Å². The van der Waals surface area contributed by atoms with E-state index >= 15 is 0 Å². The first-order valence-electron chi connectivity index (χ1n) is 10.3. The molecule has 0 aliphatic carbocycles. The summed E-state index contributed by atoms with van der Waals surface area (Å²) in [6.45, 7) is 7.68. The van der Waals surface area contributed by atoms with Crippen molar-refractivity contribution in [1.29, 1.82) is 0 Å². The van der Waals surface area contributed by atoms with Gasteiger partial charge in [-0.05, 0) is 23.8 Å². The highest BCUT2D eigenvalue weighted by Crippen LogP contribution is 2.36. The largest absolute Gasteiger partial charge is 0.492 e. The number of hydrogen-bond donors (Lipinski definition) is 1. The Labute approximate surface area is 171 Å². The van der Waals surface area contributed by atoms with Gasteiger partial charge in [-0.25, -0.2) is 0 Å². The van der Waals surface area contributed by atoms with E-state index < -0.39 is 0 Å². The Kier molecular flexibility index (Phi) is 5.20. The third-order valence-corrected chi connectivity index (χ3v) is 5.67. The summed E-state index contributed by atoms with van der Waals surface area (Å²) in [6, 6.07) is 25.7. The van der Waals surface area contributed by atoms with E-state index in [1.165, 1.54) is 27.4 Å². The standard InChI is InChI=1S/C25H26N3O/c1-2-7-20(8-3-1)19-28-22-10-5-4-9-21(22)25-23(28)11-6-12-24(25)29-18-17-27-15-13-26-14-16-27/h1-13,26H,14-19H2. The molecule has 1 saturated heterocycles. The first-order valence-corrected chi connectivity index (χ1v) is 10.3. The van der Waals surface area contributed by atoms with Gasteiger partial charge in [-0.1, -0.05) is 54.6 Å². The Hall–Kier alpha value is -2.82. The molecule has 29 heavy (non-hydrogen) atoms. The summed E-state index contributed by atoms with van der Waals surface area (Å²) < 4.78 is 8.71. The lowest BCUT2D eigenvalue weighted by Gasteiger charge is -2.26. The number of ether oxygens (including phenoxy) is 1. The van der Waals surface area contributed by atoms with E-state index in [1.54, 1.807) is 0 Å². The van der Waals surface area contributed by atoms with E-state index in [1.807, 2.05) is 0 Å². The maximum absolute atomic E-state index is 6.30. The summed E-state index contributed by atoms with van der Waals surface area (Å²) in [5.74, 6) is 0.977. The number of rotatable bonds is 6. The Balaban J connectivity index is 1.48. The summed E-state index contributed by atoms with van der Waals surface area (Å²) in [4.78, 5) is 2.41. The van der Waals surface area contributed by atoms with Crippen molar-refractivity contribution in [2.24, 2.45) is 0 Å². The van der Waals surface area contributed by atoms with Crippen LogP contribution in [0.4, 0.5) is 0 Å². The van der Waals surface area contributed by atoms with Crippen LogP contribution >= 0.6 is 0 Å². The third-order valence-electron chi connectivity index (χ3n) is 5.67. The zero-order chi connectivity index (χ0) is 19.5. The fraction of sp³-hybridized carbons (Fsp3) is 0.240. The van der Waals surface area contributed by atoms with Crippen molar-refractivity contribution in [2.45, 2.75) is 6.54 Å². The van der Waals surface area contributed by atoms with Gasteiger partial charge in [0.25, 0.3) is 0 Å².